The van der Waals surface area contributed by atoms with Crippen LogP contribution in [0.15, 0.2) is 30.6 Å². The van der Waals surface area contributed by atoms with E-state index in [1.165, 1.54) is 0 Å². The van der Waals surface area contributed by atoms with Crippen molar-refractivity contribution < 1.29 is 9.53 Å². The highest BCUT2D eigenvalue weighted by Gasteiger charge is 2.44. The van der Waals surface area contributed by atoms with E-state index in [1.54, 1.807) is 6.20 Å². The number of aromatic nitrogens is 4. The molecule has 8 nitrogen and oxygen atoms in total. The first-order chi connectivity index (χ1) is 13.8. The van der Waals surface area contributed by atoms with Gasteiger partial charge in [-0.25, -0.2) is 0 Å². The van der Waals surface area contributed by atoms with Crippen molar-refractivity contribution in [1.29, 1.82) is 0 Å². The molecule has 1 amide bonds. The number of hydrogen-bond donors (Lipinski definition) is 0. The van der Waals surface area contributed by atoms with Gasteiger partial charge in [0.1, 0.15) is 5.69 Å². The number of ether oxygens (including phenoxy) is 1. The van der Waals surface area contributed by atoms with Crippen molar-refractivity contribution >= 4 is 5.91 Å². The molecule has 0 aromatic carbocycles. The lowest BCUT2D eigenvalue weighted by molar-refractivity contribution is -0.148. The topological polar surface area (TPSA) is 76.4 Å². The number of nitrogens with zero attached hydrogens (tertiary/aromatic N) is 6. The Morgan fingerprint density at radius 1 is 1.18 bits per heavy atom. The second-order valence-electron chi connectivity index (χ2n) is 8.02. The van der Waals surface area contributed by atoms with Crippen LogP contribution in [0.3, 0.4) is 0 Å². The summed E-state index contributed by atoms with van der Waals surface area (Å²) in [5, 5.41) is 8.59. The summed E-state index contributed by atoms with van der Waals surface area (Å²) in [6.45, 7) is 5.56. The van der Waals surface area contributed by atoms with Crippen molar-refractivity contribution in [2.24, 2.45) is 11.8 Å². The highest BCUT2D eigenvalue weighted by molar-refractivity contribution is 5.79. The Labute approximate surface area is 164 Å². The van der Waals surface area contributed by atoms with Gasteiger partial charge in [-0.15, -0.1) is 5.10 Å². The normalized spacial score (nSPS) is 29.8. The predicted molar refractivity (Wildman–Crippen MR) is 102 cm³/mol. The SMILES string of the molecule is O=C([C@H]1CN2CCC1C[C@@H]2Cn1cc(-c2ccccn2)nn1)N1CCOCC1. The average molecular weight is 382 g/mol. The molecule has 4 aliphatic rings. The van der Waals surface area contributed by atoms with E-state index >= 15 is 0 Å². The quantitative estimate of drug-likeness (QED) is 0.782. The maximum atomic E-state index is 13.0. The van der Waals surface area contributed by atoms with E-state index in [2.05, 4.69) is 20.2 Å². The van der Waals surface area contributed by atoms with Crippen molar-refractivity contribution in [2.45, 2.75) is 25.4 Å². The number of morpholine rings is 1. The van der Waals surface area contributed by atoms with Crippen LogP contribution in [0.25, 0.3) is 11.4 Å². The van der Waals surface area contributed by atoms with Crippen molar-refractivity contribution in [1.82, 2.24) is 29.8 Å². The summed E-state index contributed by atoms with van der Waals surface area (Å²) in [4.78, 5) is 21.8. The van der Waals surface area contributed by atoms with E-state index in [-0.39, 0.29) is 5.92 Å². The Hall–Kier alpha value is -2.32. The molecule has 0 N–H and O–H groups in total. The van der Waals surface area contributed by atoms with Crippen LogP contribution in [0.2, 0.25) is 0 Å². The zero-order valence-electron chi connectivity index (χ0n) is 16.0. The van der Waals surface area contributed by atoms with Gasteiger partial charge in [0.05, 0.1) is 37.6 Å². The smallest absolute Gasteiger partial charge is 0.227 e. The lowest BCUT2D eigenvalue weighted by atomic mass is 9.75. The van der Waals surface area contributed by atoms with Crippen molar-refractivity contribution in [2.75, 3.05) is 39.4 Å². The molecule has 28 heavy (non-hydrogen) atoms. The molecular weight excluding hydrogens is 356 g/mol. The van der Waals surface area contributed by atoms with Gasteiger partial charge in [0.2, 0.25) is 5.91 Å². The largest absolute Gasteiger partial charge is 0.378 e. The molecule has 0 spiro atoms. The zero-order chi connectivity index (χ0) is 18.9. The molecule has 0 aliphatic carbocycles. The predicted octanol–water partition coefficient (Wildman–Crippen LogP) is 0.909. The molecule has 4 saturated heterocycles. The van der Waals surface area contributed by atoms with Gasteiger partial charge in [0, 0.05) is 31.9 Å². The maximum absolute atomic E-state index is 13.0. The van der Waals surface area contributed by atoms with E-state index in [1.807, 2.05) is 34.0 Å². The Bertz CT molecular complexity index is 819. The third-order valence-corrected chi connectivity index (χ3v) is 6.38. The third-order valence-electron chi connectivity index (χ3n) is 6.38. The first-order valence-corrected chi connectivity index (χ1v) is 10.2. The van der Waals surface area contributed by atoms with Crippen LogP contribution in [0, 0.1) is 11.8 Å². The molecule has 0 saturated carbocycles. The van der Waals surface area contributed by atoms with Gasteiger partial charge in [-0.05, 0) is 37.4 Å². The average Bonchev–Trinajstić information content (AvgIpc) is 3.23. The Morgan fingerprint density at radius 3 is 2.82 bits per heavy atom. The minimum Gasteiger partial charge on any atom is -0.378 e. The molecule has 148 valence electrons. The fourth-order valence-electron chi connectivity index (χ4n) is 4.86. The summed E-state index contributed by atoms with van der Waals surface area (Å²) in [5.41, 5.74) is 1.65. The van der Waals surface area contributed by atoms with Gasteiger partial charge in [0.15, 0.2) is 0 Å². The molecule has 4 atom stereocenters. The molecule has 2 unspecified atom stereocenters. The number of fused-ring (bicyclic) bond motifs is 3. The fraction of sp³-hybridized carbons (Fsp3) is 0.600. The molecule has 2 bridgehead atoms. The Balaban J connectivity index is 1.23. The molecule has 8 heteroatoms. The van der Waals surface area contributed by atoms with Crippen LogP contribution >= 0.6 is 0 Å². The number of carbonyl (C=O) groups is 1. The Morgan fingerprint density at radius 2 is 2.07 bits per heavy atom. The number of hydrogen-bond acceptors (Lipinski definition) is 6. The van der Waals surface area contributed by atoms with Crippen molar-refractivity contribution in [3.63, 3.8) is 0 Å². The molecule has 0 radical (unpaired) electrons. The van der Waals surface area contributed by atoms with Gasteiger partial charge in [-0.3, -0.25) is 19.4 Å². The van der Waals surface area contributed by atoms with Crippen LogP contribution in [0.4, 0.5) is 0 Å². The van der Waals surface area contributed by atoms with E-state index in [0.29, 0.717) is 31.1 Å². The maximum Gasteiger partial charge on any atom is 0.227 e. The first-order valence-electron chi connectivity index (χ1n) is 10.2. The first kappa shape index (κ1) is 17.8. The lowest BCUT2D eigenvalue weighted by Gasteiger charge is -2.50. The lowest BCUT2D eigenvalue weighted by Crippen LogP contribution is -2.59. The van der Waals surface area contributed by atoms with Gasteiger partial charge >= 0.3 is 0 Å². The third kappa shape index (κ3) is 3.42. The molecule has 2 aromatic rings. The summed E-state index contributed by atoms with van der Waals surface area (Å²) in [5.74, 6) is 0.946. The number of piperidine rings is 3. The van der Waals surface area contributed by atoms with E-state index in [9.17, 15) is 4.79 Å². The van der Waals surface area contributed by atoms with Gasteiger partial charge in [-0.1, -0.05) is 11.3 Å². The second kappa shape index (κ2) is 7.60. The summed E-state index contributed by atoms with van der Waals surface area (Å²) < 4.78 is 7.32. The Kier molecular flexibility index (Phi) is 4.82. The second-order valence-corrected chi connectivity index (χ2v) is 8.02. The summed E-state index contributed by atoms with van der Waals surface area (Å²) in [6.07, 6.45) is 5.92. The van der Waals surface area contributed by atoms with Crippen LogP contribution in [0.5, 0.6) is 0 Å². The standard InChI is InChI=1S/C20H26N6O2/c27-20(24-7-9-28-10-8-24)17-13-25-6-4-15(17)11-16(25)12-26-14-19(22-23-26)18-3-1-2-5-21-18/h1-3,5,14-17H,4,6-13H2/t15?,16-,17+/m1/s1. The highest BCUT2D eigenvalue weighted by Crippen LogP contribution is 2.37. The van der Waals surface area contributed by atoms with E-state index in [4.69, 9.17) is 4.74 Å². The van der Waals surface area contributed by atoms with Crippen LogP contribution in [-0.4, -0.2) is 81.1 Å². The fourth-order valence-corrected chi connectivity index (χ4v) is 4.86. The van der Waals surface area contributed by atoms with Gasteiger partial charge < -0.3 is 9.64 Å². The number of rotatable bonds is 4. The summed E-state index contributed by atoms with van der Waals surface area (Å²) in [7, 11) is 0. The monoisotopic (exact) mass is 382 g/mol. The van der Waals surface area contributed by atoms with E-state index < -0.39 is 0 Å². The summed E-state index contributed by atoms with van der Waals surface area (Å²) in [6, 6.07) is 6.22. The van der Waals surface area contributed by atoms with Crippen molar-refractivity contribution in [3.8, 4) is 11.4 Å². The van der Waals surface area contributed by atoms with Gasteiger partial charge in [0.25, 0.3) is 0 Å². The number of pyridine rings is 1. The molecular formula is C20H26N6O2. The van der Waals surface area contributed by atoms with Crippen LogP contribution in [-0.2, 0) is 16.1 Å². The minimum atomic E-state index is 0.142. The molecule has 4 aliphatic heterocycles. The molecule has 4 fully saturated rings. The minimum absolute atomic E-state index is 0.142. The highest BCUT2D eigenvalue weighted by atomic mass is 16.5. The number of carbonyl (C=O) groups excluding carboxylic acids is 1. The van der Waals surface area contributed by atoms with Crippen LogP contribution < -0.4 is 0 Å². The van der Waals surface area contributed by atoms with Crippen LogP contribution in [0.1, 0.15) is 12.8 Å². The van der Waals surface area contributed by atoms with Gasteiger partial charge in [-0.2, -0.15) is 0 Å². The molecule has 2 aromatic heterocycles. The van der Waals surface area contributed by atoms with Crippen molar-refractivity contribution in [3.05, 3.63) is 30.6 Å². The summed E-state index contributed by atoms with van der Waals surface area (Å²) >= 11 is 0. The van der Waals surface area contributed by atoms with E-state index in [0.717, 1.165) is 57.0 Å². The zero-order valence-corrected chi connectivity index (χ0v) is 16.0. The molecule has 6 heterocycles. The number of amides is 1. The molecule has 6 rings (SSSR count).